The highest BCUT2D eigenvalue weighted by Crippen LogP contribution is 2.12. The molecule has 3 rings (SSSR count). The molecular formula is C30H40N10O5. The summed E-state index contributed by atoms with van der Waals surface area (Å²) in [5.41, 5.74) is 12.4. The molecule has 8 N–H and O–H groups in total. The van der Waals surface area contributed by atoms with Crippen LogP contribution in [0.15, 0.2) is 40.2 Å². The number of nitrogens with zero attached hydrogens (tertiary/aromatic N) is 4. The van der Waals surface area contributed by atoms with Crippen molar-refractivity contribution in [2.45, 2.75) is 65.5 Å². The van der Waals surface area contributed by atoms with Crippen molar-refractivity contribution in [2.75, 3.05) is 18.4 Å². The molecule has 15 heteroatoms. The average Bonchev–Trinajstić information content (AvgIpc) is 2.99. The third kappa shape index (κ3) is 11.1. The molecule has 240 valence electrons. The van der Waals surface area contributed by atoms with Crippen LogP contribution in [0.5, 0.6) is 0 Å². The van der Waals surface area contributed by atoms with Gasteiger partial charge in [-0.3, -0.25) is 29.0 Å². The van der Waals surface area contributed by atoms with Crippen molar-refractivity contribution in [3.8, 4) is 0 Å². The Morgan fingerprint density at radius 1 is 1.07 bits per heavy atom. The Morgan fingerprint density at radius 2 is 1.80 bits per heavy atom. The standard InChI is InChI=1S/C30H40N10O5/c1-17(27(43)40-24(18(2)41)7-5-13-34-30(31)32)14-23(42)6-4-12-33-28(44)20-8-10-21(11-9-20)35-15-22-16-36-26-25(39-22)29(45)38-19(3)37-26/h8-11,16-17,24,35H,4-7,12-15H2,1-3H3,(H,33,44)(H,40,43)(H4,31,32,34)(H,36,37,38,45)/t17-,24+/m1/s1. The number of anilines is 1. The topological polar surface area (TPSA) is 240 Å². The van der Waals surface area contributed by atoms with Gasteiger partial charge in [0.2, 0.25) is 5.91 Å². The Bertz CT molecular complexity index is 1600. The number of nitrogens with one attached hydrogen (secondary N) is 4. The van der Waals surface area contributed by atoms with Crippen LogP contribution >= 0.6 is 0 Å². The van der Waals surface area contributed by atoms with Crippen LogP contribution < -0.4 is 33.0 Å². The van der Waals surface area contributed by atoms with E-state index in [1.54, 1.807) is 44.3 Å². The molecule has 45 heavy (non-hydrogen) atoms. The van der Waals surface area contributed by atoms with Gasteiger partial charge >= 0.3 is 0 Å². The first-order valence-corrected chi connectivity index (χ1v) is 14.7. The maximum Gasteiger partial charge on any atom is 0.279 e. The normalized spacial score (nSPS) is 12.2. The van der Waals surface area contributed by atoms with Gasteiger partial charge in [0, 0.05) is 43.1 Å². The third-order valence-corrected chi connectivity index (χ3v) is 6.86. The largest absolute Gasteiger partial charge is 0.379 e. The molecule has 0 fully saturated rings. The van der Waals surface area contributed by atoms with Crippen molar-refractivity contribution >= 4 is 46.2 Å². The molecule has 0 saturated heterocycles. The number of hydrogen-bond donors (Lipinski definition) is 6. The van der Waals surface area contributed by atoms with Crippen LogP contribution in [0.2, 0.25) is 0 Å². The lowest BCUT2D eigenvalue weighted by molar-refractivity contribution is -0.131. The molecule has 0 radical (unpaired) electrons. The molecule has 0 aliphatic heterocycles. The molecule has 2 heterocycles. The number of nitrogens with two attached hydrogens (primary N) is 2. The first-order chi connectivity index (χ1) is 21.4. The summed E-state index contributed by atoms with van der Waals surface area (Å²) < 4.78 is 0. The maximum absolute atomic E-state index is 12.6. The van der Waals surface area contributed by atoms with Gasteiger partial charge in [-0.1, -0.05) is 6.92 Å². The number of aryl methyl sites for hydroxylation is 1. The summed E-state index contributed by atoms with van der Waals surface area (Å²) >= 11 is 0. The number of aromatic nitrogens is 4. The third-order valence-electron chi connectivity index (χ3n) is 6.86. The Labute approximate surface area is 260 Å². The van der Waals surface area contributed by atoms with Crippen molar-refractivity contribution < 1.29 is 19.2 Å². The molecule has 0 bridgehead atoms. The van der Waals surface area contributed by atoms with E-state index < -0.39 is 12.0 Å². The second-order valence-electron chi connectivity index (χ2n) is 10.7. The molecule has 0 unspecified atom stereocenters. The smallest absolute Gasteiger partial charge is 0.279 e. The molecule has 2 amide bonds. The monoisotopic (exact) mass is 620 g/mol. The van der Waals surface area contributed by atoms with Crippen molar-refractivity contribution in [3.05, 3.63) is 57.9 Å². The van der Waals surface area contributed by atoms with Crippen LogP contribution in [0, 0.1) is 12.8 Å². The fourth-order valence-electron chi connectivity index (χ4n) is 4.40. The van der Waals surface area contributed by atoms with Crippen molar-refractivity contribution in [1.29, 1.82) is 0 Å². The summed E-state index contributed by atoms with van der Waals surface area (Å²) in [7, 11) is 0. The number of Topliss-reactive ketones (excluding diaryl/α,β-unsaturated/α-hetero) is 2. The van der Waals surface area contributed by atoms with E-state index in [4.69, 9.17) is 11.5 Å². The Balaban J connectivity index is 1.36. The van der Waals surface area contributed by atoms with E-state index in [0.717, 1.165) is 5.69 Å². The maximum atomic E-state index is 12.6. The van der Waals surface area contributed by atoms with Gasteiger partial charge in [0.1, 0.15) is 11.6 Å². The number of aliphatic imine (C=N–C) groups is 1. The summed E-state index contributed by atoms with van der Waals surface area (Å²) in [6, 6.07) is 6.16. The molecule has 0 aliphatic rings. The summed E-state index contributed by atoms with van der Waals surface area (Å²) in [4.78, 5) is 80.7. The lowest BCUT2D eigenvalue weighted by Gasteiger charge is -2.18. The predicted octanol–water partition coefficient (Wildman–Crippen LogP) is 0.866. The number of amides is 2. The molecule has 15 nitrogen and oxygen atoms in total. The number of H-pyrrole nitrogens is 1. The fourth-order valence-corrected chi connectivity index (χ4v) is 4.40. The van der Waals surface area contributed by atoms with Gasteiger partial charge in [0.15, 0.2) is 22.9 Å². The number of ketones is 2. The zero-order valence-electron chi connectivity index (χ0n) is 25.7. The Hall–Kier alpha value is -5.21. The SMILES string of the molecule is CC(=O)[C@H](CCCN=C(N)N)NC(=O)[C@H](C)CC(=O)CCCNC(=O)c1ccc(NCc2cnc3nc(C)[nH]c(=O)c3n2)cc1. The summed E-state index contributed by atoms with van der Waals surface area (Å²) in [5.74, 6) is -1.11. The number of guanidine groups is 1. The molecule has 0 saturated carbocycles. The van der Waals surface area contributed by atoms with Gasteiger partial charge in [-0.15, -0.1) is 0 Å². The van der Waals surface area contributed by atoms with E-state index in [9.17, 15) is 24.0 Å². The summed E-state index contributed by atoms with van der Waals surface area (Å²) in [6.45, 7) is 5.66. The fraction of sp³-hybridized carbons (Fsp3) is 0.433. The van der Waals surface area contributed by atoms with E-state index in [-0.39, 0.29) is 58.9 Å². The van der Waals surface area contributed by atoms with E-state index in [0.29, 0.717) is 56.0 Å². The van der Waals surface area contributed by atoms with Gasteiger partial charge in [0.05, 0.1) is 24.5 Å². The van der Waals surface area contributed by atoms with Gasteiger partial charge in [-0.25, -0.2) is 15.0 Å². The molecular weight excluding hydrogens is 580 g/mol. The molecule has 0 aliphatic carbocycles. The molecule has 0 spiro atoms. The molecule has 2 aromatic heterocycles. The molecule has 2 atom stereocenters. The quantitative estimate of drug-likeness (QED) is 0.0702. The zero-order chi connectivity index (χ0) is 32.9. The van der Waals surface area contributed by atoms with Crippen LogP contribution in [0.25, 0.3) is 11.2 Å². The highest BCUT2D eigenvalue weighted by molar-refractivity contribution is 5.94. The highest BCUT2D eigenvalue weighted by Gasteiger charge is 2.22. The minimum absolute atomic E-state index is 0.0325. The average molecular weight is 621 g/mol. The van der Waals surface area contributed by atoms with Crippen LogP contribution in [0.1, 0.15) is 67.8 Å². The van der Waals surface area contributed by atoms with Gasteiger partial charge in [-0.2, -0.15) is 0 Å². The van der Waals surface area contributed by atoms with E-state index in [1.807, 2.05) is 0 Å². The second-order valence-corrected chi connectivity index (χ2v) is 10.7. The molecule has 1 aromatic carbocycles. The van der Waals surface area contributed by atoms with Crippen LogP contribution in [-0.4, -0.2) is 68.4 Å². The lowest BCUT2D eigenvalue weighted by Crippen LogP contribution is -2.42. The van der Waals surface area contributed by atoms with E-state index in [1.165, 1.54) is 6.92 Å². The number of carbonyl (C=O) groups is 4. The van der Waals surface area contributed by atoms with E-state index >= 15 is 0 Å². The highest BCUT2D eigenvalue weighted by atomic mass is 16.2. The number of benzene rings is 1. The molecule has 3 aromatic rings. The lowest BCUT2D eigenvalue weighted by atomic mass is 9.99. The van der Waals surface area contributed by atoms with Crippen LogP contribution in [0.4, 0.5) is 5.69 Å². The number of fused-ring (bicyclic) bond motifs is 1. The number of rotatable bonds is 17. The minimum Gasteiger partial charge on any atom is -0.379 e. The zero-order valence-corrected chi connectivity index (χ0v) is 25.7. The van der Waals surface area contributed by atoms with Crippen LogP contribution in [-0.2, 0) is 20.9 Å². The predicted molar refractivity (Wildman–Crippen MR) is 169 cm³/mol. The van der Waals surface area contributed by atoms with Crippen molar-refractivity contribution in [2.24, 2.45) is 22.4 Å². The van der Waals surface area contributed by atoms with Crippen molar-refractivity contribution in [1.82, 2.24) is 30.6 Å². The Kier molecular flexibility index (Phi) is 12.6. The van der Waals surface area contributed by atoms with Gasteiger partial charge < -0.3 is 32.4 Å². The number of aromatic amines is 1. The first-order valence-electron chi connectivity index (χ1n) is 14.7. The first kappa shape index (κ1) is 34.3. The number of carbonyl (C=O) groups excluding carboxylic acids is 4. The summed E-state index contributed by atoms with van der Waals surface area (Å²) in [5, 5.41) is 8.68. The Morgan fingerprint density at radius 3 is 2.49 bits per heavy atom. The van der Waals surface area contributed by atoms with Crippen molar-refractivity contribution in [3.63, 3.8) is 0 Å². The van der Waals surface area contributed by atoms with Crippen LogP contribution in [0.3, 0.4) is 0 Å². The van der Waals surface area contributed by atoms with E-state index in [2.05, 4.69) is 40.9 Å². The number of hydrogen-bond acceptors (Lipinski definition) is 10. The minimum atomic E-state index is -0.669. The van der Waals surface area contributed by atoms with Gasteiger partial charge in [-0.05, 0) is 57.4 Å². The van der Waals surface area contributed by atoms with Gasteiger partial charge in [0.25, 0.3) is 11.5 Å². The second kappa shape index (κ2) is 16.6. The summed E-state index contributed by atoms with van der Waals surface area (Å²) in [6.07, 6.45) is 3.11.